The molecular formula is C13H16F3N. The van der Waals surface area contributed by atoms with Crippen molar-refractivity contribution in [3.8, 4) is 0 Å². The number of hydrogen-bond acceptors (Lipinski definition) is 1. The van der Waals surface area contributed by atoms with Crippen LogP contribution in [-0.2, 0) is 6.18 Å². The molecule has 1 atom stereocenters. The second-order valence-electron chi connectivity index (χ2n) is 5.26. The predicted octanol–water partition coefficient (Wildman–Crippen LogP) is 3.42. The number of halogens is 3. The molecule has 0 bridgehead atoms. The number of alkyl halides is 3. The molecule has 1 saturated heterocycles. The molecule has 0 radical (unpaired) electrons. The van der Waals surface area contributed by atoms with Gasteiger partial charge in [-0.25, -0.2) is 0 Å². The molecular weight excluding hydrogens is 227 g/mol. The Kier molecular flexibility index (Phi) is 2.94. The molecule has 1 aromatic carbocycles. The van der Waals surface area contributed by atoms with Crippen molar-refractivity contribution in [1.82, 2.24) is 5.32 Å². The molecule has 17 heavy (non-hydrogen) atoms. The van der Waals surface area contributed by atoms with Crippen LogP contribution < -0.4 is 5.32 Å². The summed E-state index contributed by atoms with van der Waals surface area (Å²) in [7, 11) is 0. The van der Waals surface area contributed by atoms with Gasteiger partial charge < -0.3 is 5.32 Å². The van der Waals surface area contributed by atoms with E-state index in [4.69, 9.17) is 0 Å². The van der Waals surface area contributed by atoms with E-state index in [-0.39, 0.29) is 11.3 Å². The maximum absolute atomic E-state index is 12.9. The van der Waals surface area contributed by atoms with Gasteiger partial charge in [-0.05, 0) is 17.0 Å². The Labute approximate surface area is 99.0 Å². The molecule has 0 saturated carbocycles. The van der Waals surface area contributed by atoms with E-state index in [2.05, 4.69) is 5.32 Å². The summed E-state index contributed by atoms with van der Waals surface area (Å²) in [5.41, 5.74) is -0.224. The molecule has 1 aliphatic rings. The Bertz CT molecular complexity index is 409. The Balaban J connectivity index is 2.46. The van der Waals surface area contributed by atoms with E-state index >= 15 is 0 Å². The Morgan fingerprint density at radius 3 is 2.41 bits per heavy atom. The van der Waals surface area contributed by atoms with Crippen LogP contribution in [0.3, 0.4) is 0 Å². The highest BCUT2D eigenvalue weighted by Gasteiger charge is 2.41. The van der Waals surface area contributed by atoms with Crippen molar-refractivity contribution < 1.29 is 13.2 Å². The van der Waals surface area contributed by atoms with Gasteiger partial charge in [0.15, 0.2) is 0 Å². The van der Waals surface area contributed by atoms with Crippen molar-refractivity contribution in [3.05, 3.63) is 35.4 Å². The van der Waals surface area contributed by atoms with Crippen LogP contribution in [0.25, 0.3) is 0 Å². The first kappa shape index (κ1) is 12.4. The Morgan fingerprint density at radius 1 is 1.24 bits per heavy atom. The standard InChI is InChI=1S/C13H16F3N/c1-12(2)8-17-7-11(12)9-5-3-4-6-10(9)13(14,15)16/h3-6,11,17H,7-8H2,1-2H3/t11-/m1/s1. The van der Waals surface area contributed by atoms with Crippen LogP contribution in [0.4, 0.5) is 13.2 Å². The minimum Gasteiger partial charge on any atom is -0.316 e. The molecule has 0 aromatic heterocycles. The fourth-order valence-corrected chi connectivity index (χ4v) is 2.53. The van der Waals surface area contributed by atoms with Gasteiger partial charge in [-0.1, -0.05) is 32.0 Å². The topological polar surface area (TPSA) is 12.0 Å². The molecule has 1 aliphatic heterocycles. The molecule has 0 spiro atoms. The molecule has 1 fully saturated rings. The van der Waals surface area contributed by atoms with Gasteiger partial charge in [0.25, 0.3) is 0 Å². The lowest BCUT2D eigenvalue weighted by Crippen LogP contribution is -2.23. The zero-order valence-electron chi connectivity index (χ0n) is 9.93. The molecule has 1 nitrogen and oxygen atoms in total. The highest BCUT2D eigenvalue weighted by atomic mass is 19.4. The fraction of sp³-hybridized carbons (Fsp3) is 0.538. The van der Waals surface area contributed by atoms with Crippen LogP contribution in [0.1, 0.15) is 30.9 Å². The van der Waals surface area contributed by atoms with Crippen molar-refractivity contribution in [2.45, 2.75) is 25.9 Å². The van der Waals surface area contributed by atoms with Crippen LogP contribution in [0.15, 0.2) is 24.3 Å². The van der Waals surface area contributed by atoms with E-state index in [0.29, 0.717) is 12.1 Å². The molecule has 0 unspecified atom stereocenters. The van der Waals surface area contributed by atoms with Crippen LogP contribution in [0, 0.1) is 5.41 Å². The zero-order chi connectivity index (χ0) is 12.7. The van der Waals surface area contributed by atoms with E-state index in [1.807, 2.05) is 13.8 Å². The molecule has 1 heterocycles. The average molecular weight is 243 g/mol. The summed E-state index contributed by atoms with van der Waals surface area (Å²) in [6.45, 7) is 5.37. The second-order valence-corrected chi connectivity index (χ2v) is 5.26. The van der Waals surface area contributed by atoms with Gasteiger partial charge in [-0.15, -0.1) is 0 Å². The SMILES string of the molecule is CC1(C)CNC[C@@H]1c1ccccc1C(F)(F)F. The van der Waals surface area contributed by atoms with Gasteiger partial charge in [0.2, 0.25) is 0 Å². The van der Waals surface area contributed by atoms with Gasteiger partial charge in [0.05, 0.1) is 5.56 Å². The van der Waals surface area contributed by atoms with Gasteiger partial charge >= 0.3 is 6.18 Å². The van der Waals surface area contributed by atoms with Crippen LogP contribution in [0.5, 0.6) is 0 Å². The van der Waals surface area contributed by atoms with E-state index in [9.17, 15) is 13.2 Å². The molecule has 1 aromatic rings. The molecule has 1 N–H and O–H groups in total. The fourth-order valence-electron chi connectivity index (χ4n) is 2.53. The lowest BCUT2D eigenvalue weighted by atomic mass is 9.76. The first-order chi connectivity index (χ1) is 7.82. The van der Waals surface area contributed by atoms with Crippen molar-refractivity contribution in [1.29, 1.82) is 0 Å². The normalized spacial score (nSPS) is 23.9. The second kappa shape index (κ2) is 4.02. The van der Waals surface area contributed by atoms with Crippen molar-refractivity contribution in [3.63, 3.8) is 0 Å². The van der Waals surface area contributed by atoms with Crippen LogP contribution in [0.2, 0.25) is 0 Å². The minimum atomic E-state index is -4.27. The van der Waals surface area contributed by atoms with E-state index in [1.165, 1.54) is 12.1 Å². The van der Waals surface area contributed by atoms with Crippen molar-refractivity contribution >= 4 is 0 Å². The molecule has 2 rings (SSSR count). The number of nitrogens with one attached hydrogen (secondary N) is 1. The van der Waals surface area contributed by atoms with Gasteiger partial charge in [-0.3, -0.25) is 0 Å². The lowest BCUT2D eigenvalue weighted by molar-refractivity contribution is -0.138. The highest BCUT2D eigenvalue weighted by molar-refractivity contribution is 5.35. The third-order valence-corrected chi connectivity index (χ3v) is 3.51. The summed E-state index contributed by atoms with van der Waals surface area (Å²) in [5, 5.41) is 3.17. The average Bonchev–Trinajstić information content (AvgIpc) is 2.57. The number of hydrogen-bond donors (Lipinski definition) is 1. The number of rotatable bonds is 1. The maximum atomic E-state index is 12.9. The van der Waals surface area contributed by atoms with E-state index < -0.39 is 11.7 Å². The summed E-state index contributed by atoms with van der Waals surface area (Å²) in [5.74, 6) is -0.0830. The number of benzene rings is 1. The molecule has 4 heteroatoms. The molecule has 94 valence electrons. The summed E-state index contributed by atoms with van der Waals surface area (Å²) in [6.07, 6.45) is -4.27. The monoisotopic (exact) mass is 243 g/mol. The summed E-state index contributed by atoms with van der Waals surface area (Å²) in [4.78, 5) is 0. The summed E-state index contributed by atoms with van der Waals surface area (Å²) < 4.78 is 38.8. The Morgan fingerprint density at radius 2 is 1.88 bits per heavy atom. The third-order valence-electron chi connectivity index (χ3n) is 3.51. The van der Waals surface area contributed by atoms with Crippen LogP contribution >= 0.6 is 0 Å². The van der Waals surface area contributed by atoms with Crippen molar-refractivity contribution in [2.24, 2.45) is 5.41 Å². The first-order valence-electron chi connectivity index (χ1n) is 5.69. The predicted molar refractivity (Wildman–Crippen MR) is 60.8 cm³/mol. The van der Waals surface area contributed by atoms with Gasteiger partial charge in [0.1, 0.15) is 0 Å². The third kappa shape index (κ3) is 2.32. The largest absolute Gasteiger partial charge is 0.416 e. The van der Waals surface area contributed by atoms with Crippen molar-refractivity contribution in [2.75, 3.05) is 13.1 Å². The highest BCUT2D eigenvalue weighted by Crippen LogP contribution is 2.43. The van der Waals surface area contributed by atoms with Gasteiger partial charge in [-0.2, -0.15) is 13.2 Å². The molecule has 0 aliphatic carbocycles. The smallest absolute Gasteiger partial charge is 0.316 e. The quantitative estimate of drug-likeness (QED) is 0.797. The summed E-state index contributed by atoms with van der Waals surface area (Å²) >= 11 is 0. The Hall–Kier alpha value is -1.03. The lowest BCUT2D eigenvalue weighted by Gasteiger charge is -2.28. The van der Waals surface area contributed by atoms with Crippen LogP contribution in [-0.4, -0.2) is 13.1 Å². The molecule has 0 amide bonds. The van der Waals surface area contributed by atoms with E-state index in [0.717, 1.165) is 6.54 Å². The van der Waals surface area contributed by atoms with Gasteiger partial charge in [0, 0.05) is 19.0 Å². The first-order valence-corrected chi connectivity index (χ1v) is 5.69. The zero-order valence-corrected chi connectivity index (χ0v) is 9.93. The van der Waals surface area contributed by atoms with E-state index in [1.54, 1.807) is 12.1 Å². The maximum Gasteiger partial charge on any atom is 0.416 e. The minimum absolute atomic E-state index is 0.0830. The summed E-state index contributed by atoms with van der Waals surface area (Å²) in [6, 6.07) is 5.90.